The average molecular weight is 869 g/mol. The highest BCUT2D eigenvalue weighted by Gasteiger charge is 2.24. The molecule has 0 unspecified atom stereocenters. The Morgan fingerprint density at radius 3 is 1.04 bits per heavy atom. The molecule has 0 fully saturated rings. The first kappa shape index (κ1) is 36.8. The van der Waals surface area contributed by atoms with Crippen LogP contribution < -0.4 is 0 Å². The summed E-state index contributed by atoms with van der Waals surface area (Å²) in [6.45, 7) is 0. The number of hydrogen-bond donors (Lipinski definition) is 0. The normalized spacial score (nSPS) is 12.2. The lowest BCUT2D eigenvalue weighted by atomic mass is 9.83. The first-order valence-electron chi connectivity index (χ1n) is 22.9. The van der Waals surface area contributed by atoms with E-state index in [0.717, 1.165) is 43.9 Å². The summed E-state index contributed by atoms with van der Waals surface area (Å²) < 4.78 is 15.4. The van der Waals surface area contributed by atoms with E-state index in [1.54, 1.807) is 0 Å². The van der Waals surface area contributed by atoms with E-state index in [1.165, 1.54) is 108 Å². The average Bonchev–Trinajstić information content (AvgIpc) is 4.09. The zero-order valence-electron chi connectivity index (χ0n) is 36.0. The first-order valence-corrected chi connectivity index (χ1v) is 23.7. The molecule has 2 nitrogen and oxygen atoms in total. The van der Waals surface area contributed by atoms with Crippen molar-refractivity contribution >= 4 is 118 Å². The van der Waals surface area contributed by atoms with Gasteiger partial charge in [-0.25, -0.2) is 0 Å². The van der Waals surface area contributed by atoms with Crippen molar-refractivity contribution < 1.29 is 8.83 Å². The van der Waals surface area contributed by atoms with Gasteiger partial charge in [0.15, 0.2) is 0 Å². The van der Waals surface area contributed by atoms with Gasteiger partial charge in [-0.05, 0) is 130 Å². The highest BCUT2D eigenvalue weighted by atomic mass is 32.1. The van der Waals surface area contributed by atoms with Crippen LogP contribution in [0, 0.1) is 0 Å². The van der Waals surface area contributed by atoms with Crippen LogP contribution in [0.15, 0.2) is 227 Å². The molecule has 0 atom stereocenters. The Morgan fingerprint density at radius 1 is 0.239 bits per heavy atom. The molecule has 0 aliphatic heterocycles. The maximum atomic E-state index is 6.45. The van der Waals surface area contributed by atoms with Crippen molar-refractivity contribution in [1.29, 1.82) is 0 Å². The number of thiophene rings is 1. The van der Waals surface area contributed by atoms with Crippen LogP contribution >= 0.6 is 11.3 Å². The van der Waals surface area contributed by atoms with E-state index in [1.807, 2.05) is 23.5 Å². The lowest BCUT2D eigenvalue weighted by molar-refractivity contribution is 0.668. The van der Waals surface area contributed by atoms with Crippen LogP contribution in [0.3, 0.4) is 0 Å². The zero-order valence-corrected chi connectivity index (χ0v) is 36.8. The molecule has 0 radical (unpaired) electrons. The molecule has 3 aromatic heterocycles. The fraction of sp³-hybridized carbons (Fsp3) is 0. The number of benzene rings is 12. The fourth-order valence-electron chi connectivity index (χ4n) is 11.6. The molecule has 0 bridgehead atoms. The molecule has 15 rings (SSSR count). The number of rotatable bonds is 4. The predicted octanol–water partition coefficient (Wildman–Crippen LogP) is 19.1. The molecule has 0 amide bonds. The van der Waals surface area contributed by atoms with Crippen molar-refractivity contribution in [3.8, 4) is 44.5 Å². The second-order valence-electron chi connectivity index (χ2n) is 17.7. The summed E-state index contributed by atoms with van der Waals surface area (Å²) in [6.07, 6.45) is 0. The molecule has 310 valence electrons. The molecule has 0 saturated carbocycles. The van der Waals surface area contributed by atoms with Crippen molar-refractivity contribution in [1.82, 2.24) is 0 Å². The summed E-state index contributed by atoms with van der Waals surface area (Å²) >= 11 is 1.88. The Hall–Kier alpha value is -8.50. The van der Waals surface area contributed by atoms with E-state index in [0.29, 0.717) is 0 Å². The Morgan fingerprint density at radius 2 is 0.597 bits per heavy atom. The first-order chi connectivity index (χ1) is 33.3. The van der Waals surface area contributed by atoms with Gasteiger partial charge < -0.3 is 8.83 Å². The SMILES string of the molecule is c1ccc2c(c1)oc1cccc(-c3c4ccccc4c(-c4ccc5sc6cccc(-c7c8ccccc8c(-c8cccc9oc%10ccccc%10c89)c8ccccc78)c6c5c4)c4ccccc34)c12. The van der Waals surface area contributed by atoms with Crippen LogP contribution in [-0.4, -0.2) is 0 Å². The van der Waals surface area contributed by atoms with E-state index in [9.17, 15) is 0 Å². The predicted molar refractivity (Wildman–Crippen MR) is 286 cm³/mol. The van der Waals surface area contributed by atoms with Crippen molar-refractivity contribution in [2.45, 2.75) is 0 Å². The lowest BCUT2D eigenvalue weighted by Crippen LogP contribution is -1.92. The molecule has 67 heavy (non-hydrogen) atoms. The topological polar surface area (TPSA) is 26.3 Å². The van der Waals surface area contributed by atoms with E-state index >= 15 is 0 Å². The smallest absolute Gasteiger partial charge is 0.136 e. The third-order valence-electron chi connectivity index (χ3n) is 14.3. The van der Waals surface area contributed by atoms with Gasteiger partial charge in [-0.1, -0.05) is 176 Å². The second-order valence-corrected chi connectivity index (χ2v) is 18.8. The standard InChI is InChI=1S/C64H36O2S/c1-3-18-40-38(16-1)58(39-17-2-4-19-41(39)59(40)48-26-13-31-54-62(48)46-24-9-11-29-52(46)65-54)37-34-35-56-51(36-37)64-50(28-15-33-57(64)67-56)61-44-22-7-5-20-42(44)60(43-21-6-8-23-45(43)61)49-27-14-32-55-63(49)47-25-10-12-30-53(47)66-55/h1-36H. The summed E-state index contributed by atoms with van der Waals surface area (Å²) in [5.74, 6) is 0. The number of furan rings is 2. The van der Waals surface area contributed by atoms with Crippen LogP contribution in [0.4, 0.5) is 0 Å². The number of hydrogen-bond acceptors (Lipinski definition) is 3. The fourth-order valence-corrected chi connectivity index (χ4v) is 12.7. The van der Waals surface area contributed by atoms with Gasteiger partial charge >= 0.3 is 0 Å². The molecular formula is C64H36O2S. The molecule has 0 saturated heterocycles. The van der Waals surface area contributed by atoms with Gasteiger partial charge in [0, 0.05) is 41.7 Å². The molecule has 3 heteroatoms. The lowest BCUT2D eigenvalue weighted by Gasteiger charge is -2.19. The Balaban J connectivity index is 1.00. The summed E-state index contributed by atoms with van der Waals surface area (Å²) in [4.78, 5) is 0. The summed E-state index contributed by atoms with van der Waals surface area (Å²) in [5, 5.41) is 17.0. The van der Waals surface area contributed by atoms with Crippen molar-refractivity contribution in [2.75, 3.05) is 0 Å². The van der Waals surface area contributed by atoms with Gasteiger partial charge in [0.1, 0.15) is 22.3 Å². The molecular weight excluding hydrogens is 833 g/mol. The molecule has 3 heterocycles. The number of fused-ring (bicyclic) bond motifs is 13. The zero-order chi connectivity index (χ0) is 43.7. The molecule has 15 aromatic rings. The van der Waals surface area contributed by atoms with E-state index in [2.05, 4.69) is 206 Å². The molecule has 0 N–H and O–H groups in total. The van der Waals surface area contributed by atoms with Gasteiger partial charge in [-0.15, -0.1) is 11.3 Å². The van der Waals surface area contributed by atoms with Gasteiger partial charge in [-0.2, -0.15) is 0 Å². The largest absolute Gasteiger partial charge is 0.456 e. The van der Waals surface area contributed by atoms with Crippen LogP contribution in [0.25, 0.3) is 152 Å². The van der Waals surface area contributed by atoms with Crippen molar-refractivity contribution in [3.63, 3.8) is 0 Å². The van der Waals surface area contributed by atoms with Gasteiger partial charge in [0.25, 0.3) is 0 Å². The van der Waals surface area contributed by atoms with Crippen molar-refractivity contribution in [2.24, 2.45) is 0 Å². The summed E-state index contributed by atoms with van der Waals surface area (Å²) in [5.41, 5.74) is 13.4. The van der Waals surface area contributed by atoms with E-state index in [-0.39, 0.29) is 0 Å². The minimum atomic E-state index is 0.903. The molecule has 0 aliphatic rings. The molecule has 0 spiro atoms. The van der Waals surface area contributed by atoms with Crippen molar-refractivity contribution in [3.05, 3.63) is 218 Å². The monoisotopic (exact) mass is 868 g/mol. The van der Waals surface area contributed by atoms with Gasteiger partial charge in [-0.3, -0.25) is 0 Å². The third kappa shape index (κ3) is 5.20. The van der Waals surface area contributed by atoms with Gasteiger partial charge in [0.05, 0.1) is 0 Å². The van der Waals surface area contributed by atoms with Crippen LogP contribution in [0.5, 0.6) is 0 Å². The minimum absolute atomic E-state index is 0.903. The Bertz CT molecular complexity index is 4470. The third-order valence-corrected chi connectivity index (χ3v) is 15.4. The van der Waals surface area contributed by atoms with Crippen LogP contribution in [-0.2, 0) is 0 Å². The second kappa shape index (κ2) is 14.0. The van der Waals surface area contributed by atoms with Crippen LogP contribution in [0.1, 0.15) is 0 Å². The van der Waals surface area contributed by atoms with Crippen LogP contribution in [0.2, 0.25) is 0 Å². The highest BCUT2D eigenvalue weighted by Crippen LogP contribution is 2.52. The summed E-state index contributed by atoms with van der Waals surface area (Å²) in [6, 6.07) is 79.8. The Kier molecular flexibility index (Phi) is 7.69. The van der Waals surface area contributed by atoms with E-state index < -0.39 is 0 Å². The minimum Gasteiger partial charge on any atom is -0.456 e. The maximum absolute atomic E-state index is 6.45. The molecule has 12 aromatic carbocycles. The molecule has 0 aliphatic carbocycles. The summed E-state index contributed by atoms with van der Waals surface area (Å²) in [7, 11) is 0. The quantitative estimate of drug-likeness (QED) is 0.165. The number of para-hydroxylation sites is 2. The van der Waals surface area contributed by atoms with E-state index in [4.69, 9.17) is 8.83 Å². The highest BCUT2D eigenvalue weighted by molar-refractivity contribution is 7.26. The Labute approximate surface area is 388 Å². The van der Waals surface area contributed by atoms with Gasteiger partial charge in [0.2, 0.25) is 0 Å². The maximum Gasteiger partial charge on any atom is 0.136 e.